The summed E-state index contributed by atoms with van der Waals surface area (Å²) in [4.78, 5) is 37.7. The summed E-state index contributed by atoms with van der Waals surface area (Å²) in [5, 5.41) is 9.75. The Hall–Kier alpha value is -2.57. The predicted octanol–water partition coefficient (Wildman–Crippen LogP) is 2.83. The molecule has 0 spiro atoms. The van der Waals surface area contributed by atoms with Crippen LogP contribution >= 0.6 is 0 Å². The molecule has 1 amide bonds. The number of carbonyl (C=O) groups excluding carboxylic acids is 2. The van der Waals surface area contributed by atoms with Crippen molar-refractivity contribution in [1.29, 1.82) is 0 Å². The van der Waals surface area contributed by atoms with Gasteiger partial charge in [0.15, 0.2) is 5.54 Å². The monoisotopic (exact) mass is 363 g/mol. The first-order valence-electron chi connectivity index (χ1n) is 8.50. The summed E-state index contributed by atoms with van der Waals surface area (Å²) in [7, 11) is 0. The molecule has 0 bridgehead atoms. The lowest BCUT2D eigenvalue weighted by atomic mass is 9.73. The maximum Gasteiger partial charge on any atom is 0.411 e. The topological polar surface area (TPSA) is 93.1 Å². The van der Waals surface area contributed by atoms with Crippen LogP contribution in [0.3, 0.4) is 0 Å². The van der Waals surface area contributed by atoms with Crippen LogP contribution in [0.5, 0.6) is 0 Å². The summed E-state index contributed by atoms with van der Waals surface area (Å²) in [5.74, 6) is -2.29. The lowest BCUT2D eigenvalue weighted by molar-refractivity contribution is -0.180. The number of aliphatic carboxylic acids is 1. The average Bonchev–Trinajstić information content (AvgIpc) is 2.54. The van der Waals surface area contributed by atoms with E-state index in [0.717, 1.165) is 10.5 Å². The number of likely N-dealkylation sites (tertiary alicyclic amines) is 1. The van der Waals surface area contributed by atoms with Crippen molar-refractivity contribution in [2.24, 2.45) is 5.92 Å². The third-order valence-corrected chi connectivity index (χ3v) is 4.38. The first-order chi connectivity index (χ1) is 12.1. The maximum absolute atomic E-state index is 12.4. The van der Waals surface area contributed by atoms with Crippen LogP contribution in [0.1, 0.15) is 39.7 Å². The molecule has 2 atom stereocenters. The van der Waals surface area contributed by atoms with E-state index in [1.54, 1.807) is 39.8 Å². The van der Waals surface area contributed by atoms with Crippen LogP contribution in [0.25, 0.3) is 0 Å². The van der Waals surface area contributed by atoms with Crippen molar-refractivity contribution in [3.8, 4) is 0 Å². The predicted molar refractivity (Wildman–Crippen MR) is 93.3 cm³/mol. The quantitative estimate of drug-likeness (QED) is 0.809. The van der Waals surface area contributed by atoms with Gasteiger partial charge in [0.25, 0.3) is 0 Å². The van der Waals surface area contributed by atoms with E-state index in [1.165, 1.54) is 0 Å². The third-order valence-electron chi connectivity index (χ3n) is 4.38. The summed E-state index contributed by atoms with van der Waals surface area (Å²) in [6, 6.07) is 9.09. The maximum atomic E-state index is 12.4. The minimum atomic E-state index is -1.64. The van der Waals surface area contributed by atoms with E-state index in [-0.39, 0.29) is 13.2 Å². The Kier molecular flexibility index (Phi) is 5.59. The number of amides is 1. The summed E-state index contributed by atoms with van der Waals surface area (Å²) in [6.07, 6.45) is -1.17. The van der Waals surface area contributed by atoms with Gasteiger partial charge in [0, 0.05) is 12.5 Å². The molecule has 0 aliphatic carbocycles. The van der Waals surface area contributed by atoms with Crippen molar-refractivity contribution in [2.75, 3.05) is 6.54 Å². The molecule has 7 nitrogen and oxygen atoms in total. The molecule has 0 saturated carbocycles. The van der Waals surface area contributed by atoms with E-state index in [4.69, 9.17) is 9.47 Å². The van der Waals surface area contributed by atoms with Gasteiger partial charge in [-0.1, -0.05) is 37.3 Å². The second-order valence-electron chi connectivity index (χ2n) is 7.54. The molecule has 26 heavy (non-hydrogen) atoms. The molecule has 7 heteroatoms. The van der Waals surface area contributed by atoms with E-state index in [9.17, 15) is 19.5 Å². The normalized spacial score (nSPS) is 22.3. The smallest absolute Gasteiger partial charge is 0.411 e. The Morgan fingerprint density at radius 2 is 1.85 bits per heavy atom. The Morgan fingerprint density at radius 1 is 1.23 bits per heavy atom. The molecule has 1 fully saturated rings. The second kappa shape index (κ2) is 7.35. The fourth-order valence-electron chi connectivity index (χ4n) is 3.05. The molecule has 0 unspecified atom stereocenters. The highest BCUT2D eigenvalue weighted by Crippen LogP contribution is 2.41. The number of hydrogen-bond donors (Lipinski definition) is 1. The largest absolute Gasteiger partial charge is 0.479 e. The SMILES string of the molecule is C[C@H]1CN(C(=O)OCc2ccccc2)[C@@]1(CC(=O)OC(C)(C)C)C(=O)O. The van der Waals surface area contributed by atoms with Gasteiger partial charge in [-0.15, -0.1) is 0 Å². The third kappa shape index (κ3) is 4.15. The number of benzene rings is 1. The average molecular weight is 363 g/mol. The lowest BCUT2D eigenvalue weighted by Crippen LogP contribution is -2.72. The standard InChI is InChI=1S/C19H25NO6/c1-13-11-20(17(24)25-12-14-8-6-5-7-9-14)19(13,16(22)23)10-15(21)26-18(2,3)4/h5-9,13H,10-12H2,1-4H3,(H,22,23)/t13-,19+/m0/s1. The Morgan fingerprint density at radius 3 is 2.35 bits per heavy atom. The molecule has 1 heterocycles. The first kappa shape index (κ1) is 19.8. The van der Waals surface area contributed by atoms with Gasteiger partial charge in [-0.25, -0.2) is 9.59 Å². The molecule has 1 aromatic rings. The Balaban J connectivity index is 2.10. The van der Waals surface area contributed by atoms with Crippen LogP contribution in [-0.2, 0) is 25.7 Å². The molecule has 1 N–H and O–H groups in total. The van der Waals surface area contributed by atoms with Crippen molar-refractivity contribution in [2.45, 2.75) is 51.9 Å². The van der Waals surface area contributed by atoms with E-state index in [2.05, 4.69) is 0 Å². The van der Waals surface area contributed by atoms with Crippen LogP contribution < -0.4 is 0 Å². The Labute approximate surface area is 152 Å². The molecule has 1 aliphatic heterocycles. The van der Waals surface area contributed by atoms with Gasteiger partial charge in [0.1, 0.15) is 12.2 Å². The molecule has 1 saturated heterocycles. The van der Waals surface area contributed by atoms with Gasteiger partial charge in [-0.05, 0) is 26.3 Å². The lowest BCUT2D eigenvalue weighted by Gasteiger charge is -2.53. The summed E-state index contributed by atoms with van der Waals surface area (Å²) in [6.45, 7) is 7.05. The van der Waals surface area contributed by atoms with E-state index >= 15 is 0 Å². The fraction of sp³-hybridized carbons (Fsp3) is 0.526. The van der Waals surface area contributed by atoms with E-state index in [0.29, 0.717) is 0 Å². The van der Waals surface area contributed by atoms with Crippen LogP contribution in [0.15, 0.2) is 30.3 Å². The van der Waals surface area contributed by atoms with E-state index < -0.39 is 41.5 Å². The van der Waals surface area contributed by atoms with Crippen LogP contribution in [0.2, 0.25) is 0 Å². The number of carboxylic acids is 1. The molecule has 0 radical (unpaired) electrons. The minimum Gasteiger partial charge on any atom is -0.479 e. The van der Waals surface area contributed by atoms with Gasteiger partial charge >= 0.3 is 18.0 Å². The molecule has 1 aliphatic rings. The highest BCUT2D eigenvalue weighted by Gasteiger charge is 2.61. The van der Waals surface area contributed by atoms with Crippen molar-refractivity contribution >= 4 is 18.0 Å². The molecule has 0 aromatic heterocycles. The number of rotatable bonds is 5. The van der Waals surface area contributed by atoms with Crippen molar-refractivity contribution < 1.29 is 29.0 Å². The number of esters is 1. The molecule has 1 aromatic carbocycles. The van der Waals surface area contributed by atoms with Crippen molar-refractivity contribution in [3.63, 3.8) is 0 Å². The molecule has 142 valence electrons. The van der Waals surface area contributed by atoms with E-state index in [1.807, 2.05) is 18.2 Å². The molecular formula is C19H25NO6. The zero-order valence-corrected chi connectivity index (χ0v) is 15.5. The second-order valence-corrected chi connectivity index (χ2v) is 7.54. The fourth-order valence-corrected chi connectivity index (χ4v) is 3.05. The minimum absolute atomic E-state index is 0.0344. The van der Waals surface area contributed by atoms with Gasteiger partial charge in [0.2, 0.25) is 0 Å². The molecular weight excluding hydrogens is 338 g/mol. The van der Waals surface area contributed by atoms with Crippen LogP contribution in [-0.4, -0.2) is 45.7 Å². The van der Waals surface area contributed by atoms with Crippen LogP contribution in [0.4, 0.5) is 4.79 Å². The number of ether oxygens (including phenoxy) is 2. The van der Waals surface area contributed by atoms with Gasteiger partial charge in [-0.3, -0.25) is 9.69 Å². The first-order valence-corrected chi connectivity index (χ1v) is 8.50. The highest BCUT2D eigenvalue weighted by molar-refractivity contribution is 5.91. The summed E-state index contributed by atoms with van der Waals surface area (Å²) < 4.78 is 10.5. The molecule has 2 rings (SSSR count). The zero-order chi connectivity index (χ0) is 19.5. The summed E-state index contributed by atoms with van der Waals surface area (Å²) >= 11 is 0. The summed E-state index contributed by atoms with van der Waals surface area (Å²) in [5.41, 5.74) is -1.58. The Bertz CT molecular complexity index is 681. The van der Waals surface area contributed by atoms with Gasteiger partial charge in [0.05, 0.1) is 6.42 Å². The zero-order valence-electron chi connectivity index (χ0n) is 15.5. The van der Waals surface area contributed by atoms with Crippen LogP contribution in [0, 0.1) is 5.92 Å². The number of hydrogen-bond acceptors (Lipinski definition) is 5. The van der Waals surface area contributed by atoms with Crippen molar-refractivity contribution in [1.82, 2.24) is 4.90 Å². The number of nitrogens with zero attached hydrogens (tertiary/aromatic N) is 1. The van der Waals surface area contributed by atoms with Gasteiger partial charge in [-0.2, -0.15) is 0 Å². The van der Waals surface area contributed by atoms with Crippen molar-refractivity contribution in [3.05, 3.63) is 35.9 Å². The van der Waals surface area contributed by atoms with Gasteiger partial charge < -0.3 is 14.6 Å². The number of carbonyl (C=O) groups is 3. The highest BCUT2D eigenvalue weighted by atomic mass is 16.6. The number of carboxylic acid groups (broad SMARTS) is 1.